The Morgan fingerprint density at radius 2 is 1.96 bits per heavy atom. The number of rotatable bonds is 15. The zero-order valence-corrected chi connectivity index (χ0v) is 16.4. The van der Waals surface area contributed by atoms with Crippen molar-refractivity contribution in [2.75, 3.05) is 26.7 Å². The molecule has 4 heteroatoms. The van der Waals surface area contributed by atoms with Gasteiger partial charge in [-0.25, -0.2) is 0 Å². The summed E-state index contributed by atoms with van der Waals surface area (Å²) < 4.78 is 0. The molecule has 0 rings (SSSR count). The highest BCUT2D eigenvalue weighted by molar-refractivity contribution is 5.31. The number of hydrogen-bond acceptors (Lipinski definition) is 4. The maximum Gasteiger partial charge on any atom is 0.0437 e. The summed E-state index contributed by atoms with van der Waals surface area (Å²) >= 11 is 0. The average molecular weight is 335 g/mol. The van der Waals surface area contributed by atoms with Crippen molar-refractivity contribution in [2.45, 2.75) is 65.3 Å². The van der Waals surface area contributed by atoms with Gasteiger partial charge in [0.05, 0.1) is 0 Å². The molecule has 0 aromatic rings. The van der Waals surface area contributed by atoms with Crippen LogP contribution in [0.2, 0.25) is 0 Å². The Bertz CT molecular complexity index is 398. The second kappa shape index (κ2) is 15.1. The topological polar surface area (TPSA) is 40.0 Å². The van der Waals surface area contributed by atoms with Crippen molar-refractivity contribution in [3.63, 3.8) is 0 Å². The Hall–Kier alpha value is -1.42. The summed E-state index contributed by atoms with van der Waals surface area (Å²) in [5.74, 6) is 0. The molecule has 0 aliphatic carbocycles. The molecule has 0 amide bonds. The van der Waals surface area contributed by atoms with Crippen molar-refractivity contribution >= 4 is 13.4 Å². The first kappa shape index (κ1) is 22.6. The van der Waals surface area contributed by atoms with Gasteiger partial charge >= 0.3 is 0 Å². The molecule has 1 atom stereocenters. The summed E-state index contributed by atoms with van der Waals surface area (Å²) in [5.41, 5.74) is 2.53. The summed E-state index contributed by atoms with van der Waals surface area (Å²) in [5, 5.41) is 3.58. The van der Waals surface area contributed by atoms with Gasteiger partial charge in [0, 0.05) is 31.8 Å². The van der Waals surface area contributed by atoms with Crippen molar-refractivity contribution in [1.29, 1.82) is 0 Å². The summed E-state index contributed by atoms with van der Waals surface area (Å²) in [4.78, 5) is 10.4. The van der Waals surface area contributed by atoms with Gasteiger partial charge in [0.2, 0.25) is 0 Å². The molecule has 24 heavy (non-hydrogen) atoms. The summed E-state index contributed by atoms with van der Waals surface area (Å²) in [7, 11) is 2.16. The molecule has 0 aromatic carbocycles. The van der Waals surface area contributed by atoms with Crippen molar-refractivity contribution < 1.29 is 0 Å². The van der Waals surface area contributed by atoms with Crippen LogP contribution in [-0.4, -0.2) is 51.1 Å². The van der Waals surface area contributed by atoms with Crippen molar-refractivity contribution in [2.24, 2.45) is 9.98 Å². The van der Waals surface area contributed by atoms with E-state index in [4.69, 9.17) is 0 Å². The van der Waals surface area contributed by atoms with Gasteiger partial charge in [-0.2, -0.15) is 0 Å². The van der Waals surface area contributed by atoms with E-state index in [1.807, 2.05) is 0 Å². The molecule has 1 unspecified atom stereocenters. The number of hydrogen-bond donors (Lipinski definition) is 1. The summed E-state index contributed by atoms with van der Waals surface area (Å²) in [6, 6.07) is 0.614. The number of allylic oxidation sites excluding steroid dienone is 2. The third kappa shape index (κ3) is 9.66. The van der Waals surface area contributed by atoms with Gasteiger partial charge < -0.3 is 15.2 Å². The van der Waals surface area contributed by atoms with Crippen LogP contribution in [0.15, 0.2) is 33.5 Å². The van der Waals surface area contributed by atoms with Crippen LogP contribution >= 0.6 is 0 Å². The largest absolute Gasteiger partial charge is 0.378 e. The van der Waals surface area contributed by atoms with Gasteiger partial charge in [0.25, 0.3) is 0 Å². The maximum absolute atomic E-state index is 4.19. The van der Waals surface area contributed by atoms with E-state index in [0.717, 1.165) is 51.0 Å². The van der Waals surface area contributed by atoms with Gasteiger partial charge in [-0.15, -0.1) is 0 Å². The fourth-order valence-corrected chi connectivity index (χ4v) is 2.95. The first-order valence-electron chi connectivity index (χ1n) is 9.30. The third-order valence-corrected chi connectivity index (χ3v) is 4.45. The van der Waals surface area contributed by atoms with Gasteiger partial charge in [0.1, 0.15) is 0 Å². The zero-order valence-electron chi connectivity index (χ0n) is 16.4. The predicted molar refractivity (Wildman–Crippen MR) is 109 cm³/mol. The molecule has 0 bridgehead atoms. The quantitative estimate of drug-likeness (QED) is 0.355. The molecule has 0 aliphatic heterocycles. The van der Waals surface area contributed by atoms with Crippen LogP contribution in [0, 0.1) is 0 Å². The lowest BCUT2D eigenvalue weighted by atomic mass is 10.0. The van der Waals surface area contributed by atoms with E-state index in [1.54, 1.807) is 0 Å². The smallest absolute Gasteiger partial charge is 0.0437 e. The Balaban J connectivity index is 4.12. The molecule has 0 spiro atoms. The van der Waals surface area contributed by atoms with E-state index in [9.17, 15) is 0 Å². The average Bonchev–Trinajstić information content (AvgIpc) is 2.59. The standard InChI is InChI=1S/C20H38N4/c1-7-17-24(6)19(9-3)12-16-23-14-10-11-18(8-2)20(22-5)13-15-21-4/h7,17,19,23H,4-5,8-16H2,1-3,6H3/b17-7-,20-18-. The Morgan fingerprint density at radius 1 is 1.21 bits per heavy atom. The minimum atomic E-state index is 0.614. The Labute approximate surface area is 149 Å². The van der Waals surface area contributed by atoms with Gasteiger partial charge in [-0.3, -0.25) is 4.99 Å². The second-order valence-corrected chi connectivity index (χ2v) is 6.11. The molecular weight excluding hydrogens is 296 g/mol. The molecular formula is C20H38N4. The lowest BCUT2D eigenvalue weighted by molar-refractivity contribution is 0.299. The molecule has 0 saturated heterocycles. The Morgan fingerprint density at radius 3 is 2.50 bits per heavy atom. The first-order valence-corrected chi connectivity index (χ1v) is 9.30. The van der Waals surface area contributed by atoms with Crippen LogP contribution in [0.1, 0.15) is 59.3 Å². The van der Waals surface area contributed by atoms with Crippen molar-refractivity contribution in [1.82, 2.24) is 10.2 Å². The fourth-order valence-electron chi connectivity index (χ4n) is 2.95. The SMILES string of the molecule is C=NCC/C(N=C)=C(\CC)CCCNCCC(CC)N(C)/C=C\C. The summed E-state index contributed by atoms with van der Waals surface area (Å²) in [6.45, 7) is 16.6. The zero-order chi connectivity index (χ0) is 18.2. The van der Waals surface area contributed by atoms with Crippen LogP contribution < -0.4 is 5.32 Å². The van der Waals surface area contributed by atoms with Gasteiger partial charge in [-0.1, -0.05) is 19.9 Å². The molecule has 0 heterocycles. The highest BCUT2D eigenvalue weighted by atomic mass is 15.1. The molecule has 0 aliphatic rings. The lowest BCUT2D eigenvalue weighted by Gasteiger charge is -2.25. The van der Waals surface area contributed by atoms with Crippen LogP contribution in [0.3, 0.4) is 0 Å². The molecule has 0 saturated carbocycles. The van der Waals surface area contributed by atoms with Crippen LogP contribution in [-0.2, 0) is 0 Å². The molecule has 138 valence electrons. The maximum atomic E-state index is 4.19. The number of aliphatic imine (C=N–C) groups is 2. The molecule has 0 aromatic heterocycles. The summed E-state index contributed by atoms with van der Waals surface area (Å²) in [6.07, 6.45) is 10.7. The van der Waals surface area contributed by atoms with Gasteiger partial charge in [0.15, 0.2) is 0 Å². The predicted octanol–water partition coefficient (Wildman–Crippen LogP) is 4.45. The normalized spacial score (nSPS) is 13.7. The van der Waals surface area contributed by atoms with Crippen LogP contribution in [0.25, 0.3) is 0 Å². The minimum Gasteiger partial charge on any atom is -0.378 e. The molecule has 1 N–H and O–H groups in total. The van der Waals surface area contributed by atoms with E-state index in [0.29, 0.717) is 6.04 Å². The first-order chi connectivity index (χ1) is 11.6. The van der Waals surface area contributed by atoms with E-state index in [1.165, 1.54) is 18.4 Å². The van der Waals surface area contributed by atoms with Crippen LogP contribution in [0.4, 0.5) is 0 Å². The molecule has 0 fully saturated rings. The lowest BCUT2D eigenvalue weighted by Crippen LogP contribution is -2.30. The minimum absolute atomic E-state index is 0.614. The van der Waals surface area contributed by atoms with E-state index < -0.39 is 0 Å². The van der Waals surface area contributed by atoms with E-state index in [-0.39, 0.29) is 0 Å². The molecule has 0 radical (unpaired) electrons. The van der Waals surface area contributed by atoms with Gasteiger partial charge in [-0.05, 0) is 77.3 Å². The second-order valence-electron chi connectivity index (χ2n) is 6.11. The monoisotopic (exact) mass is 334 g/mol. The number of nitrogens with one attached hydrogen (secondary N) is 1. The van der Waals surface area contributed by atoms with Crippen LogP contribution in [0.5, 0.6) is 0 Å². The fraction of sp³-hybridized carbons (Fsp3) is 0.700. The number of nitrogens with zero attached hydrogens (tertiary/aromatic N) is 3. The van der Waals surface area contributed by atoms with Crippen molar-refractivity contribution in [3.8, 4) is 0 Å². The third-order valence-electron chi connectivity index (χ3n) is 4.45. The Kier molecular flexibility index (Phi) is 14.2. The van der Waals surface area contributed by atoms with E-state index >= 15 is 0 Å². The van der Waals surface area contributed by atoms with Crippen molar-refractivity contribution in [3.05, 3.63) is 23.5 Å². The highest BCUT2D eigenvalue weighted by Crippen LogP contribution is 2.18. The van der Waals surface area contributed by atoms with E-state index in [2.05, 4.69) is 73.7 Å². The molecule has 4 nitrogen and oxygen atoms in total. The highest BCUT2D eigenvalue weighted by Gasteiger charge is 2.08.